The predicted octanol–water partition coefficient (Wildman–Crippen LogP) is 1.37. The molecule has 1 rings (SSSR count). The second kappa shape index (κ2) is 7.17. The van der Waals surface area contributed by atoms with Gasteiger partial charge in [-0.1, -0.05) is 13.3 Å². The number of ether oxygens (including phenoxy) is 1. The van der Waals surface area contributed by atoms with Crippen molar-refractivity contribution in [2.75, 3.05) is 6.61 Å². The van der Waals surface area contributed by atoms with Gasteiger partial charge in [-0.3, -0.25) is 0 Å². The van der Waals surface area contributed by atoms with Gasteiger partial charge >= 0.3 is 6.09 Å². The van der Waals surface area contributed by atoms with Gasteiger partial charge in [-0.25, -0.2) is 14.8 Å². The molecule has 1 N–H and O–H groups in total. The molecule has 0 atom stereocenters. The van der Waals surface area contributed by atoms with Crippen LogP contribution in [0.4, 0.5) is 4.79 Å². The second-order valence-corrected chi connectivity index (χ2v) is 3.33. The third-order valence-corrected chi connectivity index (χ3v) is 1.96. The first kappa shape index (κ1) is 12.9. The number of nitrogens with zero attached hydrogens (tertiary/aromatic N) is 3. The highest BCUT2D eigenvalue weighted by atomic mass is 16.5. The Morgan fingerprint density at radius 1 is 1.65 bits per heavy atom. The van der Waals surface area contributed by atoms with E-state index in [1.54, 1.807) is 6.07 Å². The Hall–Kier alpha value is -2.16. The number of unbranched alkanes of at least 4 members (excludes halogenated alkanes) is 1. The number of carbonyl (C=O) groups excluding carboxylic acids is 1. The standard InChI is InChI=1S/C11H14N4O2/c1-2-3-6-17-11(16)14-8-9-4-5-13-10(7-12)15-9/h4-5H,2-3,6,8H2,1H3,(H,14,16). The molecular formula is C11H14N4O2. The summed E-state index contributed by atoms with van der Waals surface area (Å²) in [5, 5.41) is 11.1. The van der Waals surface area contributed by atoms with Crippen molar-refractivity contribution in [1.82, 2.24) is 15.3 Å². The van der Waals surface area contributed by atoms with Gasteiger partial charge in [-0.05, 0) is 12.5 Å². The maximum atomic E-state index is 11.2. The van der Waals surface area contributed by atoms with Crippen LogP contribution in [0.15, 0.2) is 12.3 Å². The number of nitriles is 1. The third-order valence-electron chi connectivity index (χ3n) is 1.96. The van der Waals surface area contributed by atoms with Crippen molar-refractivity contribution in [3.63, 3.8) is 0 Å². The van der Waals surface area contributed by atoms with E-state index < -0.39 is 6.09 Å². The highest BCUT2D eigenvalue weighted by Crippen LogP contribution is 1.95. The van der Waals surface area contributed by atoms with Crippen LogP contribution >= 0.6 is 0 Å². The Balaban J connectivity index is 2.34. The van der Waals surface area contributed by atoms with E-state index in [9.17, 15) is 4.79 Å². The summed E-state index contributed by atoms with van der Waals surface area (Å²) < 4.78 is 4.90. The number of amides is 1. The molecule has 0 aliphatic carbocycles. The van der Waals surface area contributed by atoms with Crippen LogP contribution < -0.4 is 5.32 Å². The molecule has 1 amide bonds. The number of carbonyl (C=O) groups is 1. The highest BCUT2D eigenvalue weighted by Gasteiger charge is 2.03. The Morgan fingerprint density at radius 3 is 3.18 bits per heavy atom. The summed E-state index contributed by atoms with van der Waals surface area (Å²) in [6, 6.07) is 3.46. The van der Waals surface area contributed by atoms with Crippen molar-refractivity contribution >= 4 is 6.09 Å². The normalized spacial score (nSPS) is 9.41. The van der Waals surface area contributed by atoms with E-state index in [1.165, 1.54) is 6.20 Å². The maximum absolute atomic E-state index is 11.2. The predicted molar refractivity (Wildman–Crippen MR) is 59.8 cm³/mol. The molecule has 0 spiro atoms. The van der Waals surface area contributed by atoms with Gasteiger partial charge in [0, 0.05) is 6.20 Å². The van der Waals surface area contributed by atoms with Crippen molar-refractivity contribution in [2.24, 2.45) is 0 Å². The van der Waals surface area contributed by atoms with Crippen LogP contribution in [0.2, 0.25) is 0 Å². The summed E-state index contributed by atoms with van der Waals surface area (Å²) in [6.45, 7) is 2.66. The molecule has 17 heavy (non-hydrogen) atoms. The van der Waals surface area contributed by atoms with Gasteiger partial charge in [0.2, 0.25) is 5.82 Å². The first-order valence-electron chi connectivity index (χ1n) is 5.39. The SMILES string of the molecule is CCCCOC(=O)NCc1ccnc(C#N)n1. The molecule has 0 radical (unpaired) electrons. The van der Waals surface area contributed by atoms with Gasteiger partial charge in [-0.2, -0.15) is 5.26 Å². The molecule has 90 valence electrons. The monoisotopic (exact) mass is 234 g/mol. The quantitative estimate of drug-likeness (QED) is 0.777. The average Bonchev–Trinajstić information content (AvgIpc) is 2.37. The molecule has 0 fully saturated rings. The van der Waals surface area contributed by atoms with Gasteiger partial charge in [0.15, 0.2) is 0 Å². The van der Waals surface area contributed by atoms with E-state index in [2.05, 4.69) is 15.3 Å². The molecule has 0 bridgehead atoms. The topological polar surface area (TPSA) is 87.9 Å². The summed E-state index contributed by atoms with van der Waals surface area (Å²) in [5.74, 6) is 0.0867. The van der Waals surface area contributed by atoms with Crippen LogP contribution in [0.3, 0.4) is 0 Å². The fourth-order valence-corrected chi connectivity index (χ4v) is 1.07. The van der Waals surface area contributed by atoms with Gasteiger partial charge in [0.05, 0.1) is 18.8 Å². The minimum Gasteiger partial charge on any atom is -0.450 e. The van der Waals surface area contributed by atoms with Crippen molar-refractivity contribution < 1.29 is 9.53 Å². The molecule has 6 heteroatoms. The fourth-order valence-electron chi connectivity index (χ4n) is 1.07. The number of aromatic nitrogens is 2. The third kappa shape index (κ3) is 4.93. The van der Waals surface area contributed by atoms with E-state index in [-0.39, 0.29) is 12.4 Å². The van der Waals surface area contributed by atoms with Gasteiger partial charge in [-0.15, -0.1) is 0 Å². The van der Waals surface area contributed by atoms with Gasteiger partial charge < -0.3 is 10.1 Å². The van der Waals surface area contributed by atoms with E-state index >= 15 is 0 Å². The molecule has 6 nitrogen and oxygen atoms in total. The molecule has 0 aromatic carbocycles. The number of hydrogen-bond donors (Lipinski definition) is 1. The van der Waals surface area contributed by atoms with Crippen molar-refractivity contribution in [1.29, 1.82) is 5.26 Å². The lowest BCUT2D eigenvalue weighted by molar-refractivity contribution is 0.144. The van der Waals surface area contributed by atoms with Crippen LogP contribution in [0.25, 0.3) is 0 Å². The van der Waals surface area contributed by atoms with E-state index in [0.717, 1.165) is 12.8 Å². The molecule has 0 aliphatic rings. The zero-order valence-electron chi connectivity index (χ0n) is 9.64. The summed E-state index contributed by atoms with van der Waals surface area (Å²) in [5.41, 5.74) is 0.573. The van der Waals surface area contributed by atoms with E-state index in [4.69, 9.17) is 10.00 Å². The Kier molecular flexibility index (Phi) is 5.44. The lowest BCUT2D eigenvalue weighted by atomic mass is 10.4. The minimum absolute atomic E-state index is 0.0867. The fraction of sp³-hybridized carbons (Fsp3) is 0.455. The first-order valence-corrected chi connectivity index (χ1v) is 5.39. The smallest absolute Gasteiger partial charge is 0.407 e. The van der Waals surface area contributed by atoms with Crippen molar-refractivity contribution in [3.8, 4) is 6.07 Å². The van der Waals surface area contributed by atoms with Gasteiger partial charge in [0.1, 0.15) is 6.07 Å². The summed E-state index contributed by atoms with van der Waals surface area (Å²) in [7, 11) is 0. The van der Waals surface area contributed by atoms with Crippen LogP contribution in [0, 0.1) is 11.3 Å². The zero-order valence-corrected chi connectivity index (χ0v) is 9.64. The molecule has 1 heterocycles. The van der Waals surface area contributed by atoms with Crippen molar-refractivity contribution in [2.45, 2.75) is 26.3 Å². The van der Waals surface area contributed by atoms with Crippen LogP contribution in [-0.2, 0) is 11.3 Å². The number of nitrogens with one attached hydrogen (secondary N) is 1. The first-order chi connectivity index (χ1) is 8.26. The molecule has 0 unspecified atom stereocenters. The zero-order chi connectivity index (χ0) is 12.5. The summed E-state index contributed by atoms with van der Waals surface area (Å²) in [6.07, 6.45) is 2.82. The van der Waals surface area contributed by atoms with E-state index in [0.29, 0.717) is 12.3 Å². The number of hydrogen-bond acceptors (Lipinski definition) is 5. The molecule has 1 aromatic heterocycles. The molecule has 0 saturated carbocycles. The Morgan fingerprint density at radius 2 is 2.47 bits per heavy atom. The minimum atomic E-state index is -0.476. The van der Waals surface area contributed by atoms with Crippen LogP contribution in [-0.4, -0.2) is 22.7 Å². The van der Waals surface area contributed by atoms with Gasteiger partial charge in [0.25, 0.3) is 0 Å². The number of alkyl carbamates (subject to hydrolysis) is 1. The molecular weight excluding hydrogens is 220 g/mol. The van der Waals surface area contributed by atoms with Crippen LogP contribution in [0.5, 0.6) is 0 Å². The van der Waals surface area contributed by atoms with Crippen molar-refractivity contribution in [3.05, 3.63) is 23.8 Å². The largest absolute Gasteiger partial charge is 0.450 e. The molecule has 1 aromatic rings. The molecule has 0 aliphatic heterocycles. The van der Waals surface area contributed by atoms with E-state index in [1.807, 2.05) is 13.0 Å². The Labute approximate surface area is 99.6 Å². The molecule has 0 saturated heterocycles. The number of rotatable bonds is 5. The second-order valence-electron chi connectivity index (χ2n) is 3.33. The average molecular weight is 234 g/mol. The highest BCUT2D eigenvalue weighted by molar-refractivity contribution is 5.67. The van der Waals surface area contributed by atoms with Crippen LogP contribution in [0.1, 0.15) is 31.3 Å². The lowest BCUT2D eigenvalue weighted by Gasteiger charge is -2.05. The maximum Gasteiger partial charge on any atom is 0.407 e. The summed E-state index contributed by atoms with van der Waals surface area (Å²) in [4.78, 5) is 18.9. The lowest BCUT2D eigenvalue weighted by Crippen LogP contribution is -2.24. The summed E-state index contributed by atoms with van der Waals surface area (Å²) >= 11 is 0. The Bertz CT molecular complexity index is 414.